The van der Waals surface area contributed by atoms with E-state index < -0.39 is 17.6 Å². The van der Waals surface area contributed by atoms with Gasteiger partial charge in [-0.05, 0) is 51.7 Å². The molecule has 0 saturated carbocycles. The molecule has 6 nitrogen and oxygen atoms in total. The second-order valence-corrected chi connectivity index (χ2v) is 8.26. The summed E-state index contributed by atoms with van der Waals surface area (Å²) in [5.41, 5.74) is 2.22. The number of pyridine rings is 1. The van der Waals surface area contributed by atoms with Crippen molar-refractivity contribution in [1.29, 1.82) is 0 Å². The lowest BCUT2D eigenvalue weighted by atomic mass is 10.1. The molecular formula is C23H23ClF2N4O2. The molecule has 3 aromatic rings. The number of aryl methyl sites for hydroxylation is 2. The van der Waals surface area contributed by atoms with Gasteiger partial charge < -0.3 is 10.1 Å². The van der Waals surface area contributed by atoms with Crippen molar-refractivity contribution in [3.8, 4) is 0 Å². The van der Waals surface area contributed by atoms with Crippen LogP contribution in [0.3, 0.4) is 0 Å². The van der Waals surface area contributed by atoms with Crippen molar-refractivity contribution in [3.05, 3.63) is 57.5 Å². The van der Waals surface area contributed by atoms with E-state index in [0.29, 0.717) is 39.7 Å². The molecule has 0 spiro atoms. The molecule has 1 aliphatic rings. The van der Waals surface area contributed by atoms with Gasteiger partial charge in [-0.1, -0.05) is 23.7 Å². The largest absolute Gasteiger partial charge is 0.356 e. The van der Waals surface area contributed by atoms with E-state index in [-0.39, 0.29) is 17.3 Å². The van der Waals surface area contributed by atoms with Crippen LogP contribution in [0.5, 0.6) is 0 Å². The van der Waals surface area contributed by atoms with Crippen LogP contribution in [-0.2, 0) is 9.53 Å². The summed E-state index contributed by atoms with van der Waals surface area (Å²) in [5, 5.41) is 7.89. The lowest BCUT2D eigenvalue weighted by molar-refractivity contribution is -0.114. The first-order valence-corrected chi connectivity index (χ1v) is 10.7. The third-order valence-corrected chi connectivity index (χ3v) is 6.04. The van der Waals surface area contributed by atoms with Gasteiger partial charge in [-0.2, -0.15) is 5.10 Å². The highest BCUT2D eigenvalue weighted by Crippen LogP contribution is 2.32. The van der Waals surface area contributed by atoms with Crippen molar-refractivity contribution < 1.29 is 18.3 Å². The molecule has 1 aliphatic heterocycles. The highest BCUT2D eigenvalue weighted by Gasteiger charge is 2.23. The number of amides is 1. The van der Waals surface area contributed by atoms with E-state index in [1.807, 2.05) is 0 Å². The molecule has 0 radical (unpaired) electrons. The summed E-state index contributed by atoms with van der Waals surface area (Å²) < 4.78 is 37.5. The molecule has 1 unspecified atom stereocenters. The van der Waals surface area contributed by atoms with Crippen molar-refractivity contribution in [1.82, 2.24) is 14.8 Å². The van der Waals surface area contributed by atoms with Gasteiger partial charge in [-0.25, -0.2) is 13.5 Å². The van der Waals surface area contributed by atoms with Crippen molar-refractivity contribution in [2.75, 3.05) is 11.9 Å². The lowest BCUT2D eigenvalue weighted by Crippen LogP contribution is -2.19. The standard InChI is InChI=1S/C23H23ClF2N4O2/c1-12-17(24)11-27-14(3)21(12)28-23(31)18(25)10-15-7-8-16-13(2)29-30(22(16)20(15)26)19-6-4-5-9-32-19/h7-8,10-11,19H,4-6,9H2,1-3H3,(H,28,31)/b18-10-. The first-order valence-electron chi connectivity index (χ1n) is 10.4. The maximum Gasteiger partial charge on any atom is 0.284 e. The van der Waals surface area contributed by atoms with E-state index in [1.54, 1.807) is 26.8 Å². The second-order valence-electron chi connectivity index (χ2n) is 7.85. The fourth-order valence-electron chi connectivity index (χ4n) is 3.86. The molecule has 0 bridgehead atoms. The zero-order chi connectivity index (χ0) is 23.0. The number of carbonyl (C=O) groups excluding carboxylic acids is 1. The lowest BCUT2D eigenvalue weighted by Gasteiger charge is -2.23. The van der Waals surface area contributed by atoms with Gasteiger partial charge in [0.2, 0.25) is 0 Å². The number of ether oxygens (including phenoxy) is 1. The third-order valence-electron chi connectivity index (χ3n) is 5.66. The number of benzene rings is 1. The van der Waals surface area contributed by atoms with Crippen molar-refractivity contribution in [3.63, 3.8) is 0 Å². The molecule has 0 aliphatic carbocycles. The van der Waals surface area contributed by atoms with Crippen molar-refractivity contribution in [2.45, 2.75) is 46.3 Å². The van der Waals surface area contributed by atoms with Gasteiger partial charge >= 0.3 is 0 Å². The number of rotatable bonds is 4. The monoisotopic (exact) mass is 460 g/mol. The van der Waals surface area contributed by atoms with Crippen LogP contribution in [0.4, 0.5) is 14.5 Å². The summed E-state index contributed by atoms with van der Waals surface area (Å²) in [5.74, 6) is -2.81. The summed E-state index contributed by atoms with van der Waals surface area (Å²) in [6.07, 6.45) is 4.59. The van der Waals surface area contributed by atoms with Gasteiger partial charge in [0.1, 0.15) is 5.52 Å². The second kappa shape index (κ2) is 8.96. The molecule has 1 atom stereocenters. The Morgan fingerprint density at radius 1 is 1.28 bits per heavy atom. The minimum atomic E-state index is -1.14. The van der Waals surface area contributed by atoms with Crippen LogP contribution in [0, 0.1) is 26.6 Å². The number of hydrogen-bond acceptors (Lipinski definition) is 4. The minimum Gasteiger partial charge on any atom is -0.356 e. The fourth-order valence-corrected chi connectivity index (χ4v) is 4.01. The van der Waals surface area contributed by atoms with Crippen LogP contribution in [0.15, 0.2) is 24.2 Å². The molecule has 2 aromatic heterocycles. The topological polar surface area (TPSA) is 69.0 Å². The predicted octanol–water partition coefficient (Wildman–Crippen LogP) is 5.80. The van der Waals surface area contributed by atoms with Crippen molar-refractivity contribution >= 4 is 40.2 Å². The van der Waals surface area contributed by atoms with Gasteiger partial charge in [0, 0.05) is 23.8 Å². The van der Waals surface area contributed by atoms with Crippen LogP contribution in [-0.4, -0.2) is 27.3 Å². The zero-order valence-corrected chi connectivity index (χ0v) is 18.8. The molecule has 1 saturated heterocycles. The van der Waals surface area contributed by atoms with Gasteiger partial charge in [0.25, 0.3) is 5.91 Å². The summed E-state index contributed by atoms with van der Waals surface area (Å²) in [6.45, 7) is 5.73. The highest BCUT2D eigenvalue weighted by atomic mass is 35.5. The molecule has 1 aromatic carbocycles. The molecule has 9 heteroatoms. The third kappa shape index (κ3) is 4.12. The quantitative estimate of drug-likeness (QED) is 0.500. The average molecular weight is 461 g/mol. The molecular weight excluding hydrogens is 438 g/mol. The van der Waals surface area contributed by atoms with Crippen LogP contribution >= 0.6 is 11.6 Å². The maximum absolute atomic E-state index is 15.4. The van der Waals surface area contributed by atoms with Crippen LogP contribution in [0.25, 0.3) is 17.0 Å². The van der Waals surface area contributed by atoms with Gasteiger partial charge in [-0.3, -0.25) is 9.78 Å². The average Bonchev–Trinajstić information content (AvgIpc) is 3.13. The van der Waals surface area contributed by atoms with Crippen molar-refractivity contribution in [2.24, 2.45) is 0 Å². The van der Waals surface area contributed by atoms with E-state index in [4.69, 9.17) is 16.3 Å². The smallest absolute Gasteiger partial charge is 0.284 e. The van der Waals surface area contributed by atoms with E-state index in [1.165, 1.54) is 16.9 Å². The van der Waals surface area contributed by atoms with Gasteiger partial charge in [-0.15, -0.1) is 0 Å². The molecule has 3 heterocycles. The molecule has 1 N–H and O–H groups in total. The van der Waals surface area contributed by atoms with Gasteiger partial charge in [0.15, 0.2) is 17.9 Å². The summed E-state index contributed by atoms with van der Waals surface area (Å²) in [7, 11) is 0. The number of halogens is 3. The maximum atomic E-state index is 15.4. The highest BCUT2D eigenvalue weighted by molar-refractivity contribution is 6.31. The Morgan fingerprint density at radius 2 is 2.06 bits per heavy atom. The molecule has 1 amide bonds. The summed E-state index contributed by atoms with van der Waals surface area (Å²) in [6, 6.07) is 3.11. The molecule has 4 rings (SSSR count). The predicted molar refractivity (Wildman–Crippen MR) is 120 cm³/mol. The normalized spacial score (nSPS) is 17.1. The Hall–Kier alpha value is -2.84. The van der Waals surface area contributed by atoms with E-state index in [0.717, 1.165) is 25.3 Å². The Balaban J connectivity index is 1.68. The number of nitrogens with zero attached hydrogens (tertiary/aromatic N) is 3. The van der Waals surface area contributed by atoms with Crippen LogP contribution < -0.4 is 5.32 Å². The van der Waals surface area contributed by atoms with E-state index in [9.17, 15) is 9.18 Å². The minimum absolute atomic E-state index is 0.0558. The fraction of sp³-hybridized carbons (Fsp3) is 0.348. The number of aromatic nitrogens is 3. The van der Waals surface area contributed by atoms with E-state index in [2.05, 4.69) is 15.4 Å². The first kappa shape index (κ1) is 22.4. The number of hydrogen-bond donors (Lipinski definition) is 1. The summed E-state index contributed by atoms with van der Waals surface area (Å²) in [4.78, 5) is 16.5. The number of carbonyl (C=O) groups is 1. The molecule has 32 heavy (non-hydrogen) atoms. The number of fused-ring (bicyclic) bond motifs is 1. The first-order chi connectivity index (χ1) is 15.3. The Morgan fingerprint density at radius 3 is 2.78 bits per heavy atom. The Bertz CT molecular complexity index is 1230. The van der Waals surface area contributed by atoms with Gasteiger partial charge in [0.05, 0.1) is 22.1 Å². The van der Waals surface area contributed by atoms with E-state index >= 15 is 4.39 Å². The van der Waals surface area contributed by atoms with Crippen LogP contribution in [0.2, 0.25) is 5.02 Å². The molecule has 1 fully saturated rings. The zero-order valence-electron chi connectivity index (χ0n) is 18.0. The SMILES string of the molecule is Cc1ncc(Cl)c(C)c1NC(=O)/C(F)=C/c1ccc2c(C)nn(C3CCCCO3)c2c1F. The molecule has 168 valence electrons. The Kier molecular flexibility index (Phi) is 6.26. The Labute approximate surface area is 189 Å². The number of anilines is 1. The summed E-state index contributed by atoms with van der Waals surface area (Å²) >= 11 is 6.05. The van der Waals surface area contributed by atoms with Crippen LogP contribution in [0.1, 0.15) is 48.0 Å². The number of nitrogens with one attached hydrogen (secondary N) is 1.